The van der Waals surface area contributed by atoms with Crippen molar-refractivity contribution in [3.05, 3.63) is 36.2 Å². The van der Waals surface area contributed by atoms with Gasteiger partial charge in [-0.05, 0) is 10.4 Å². The van der Waals surface area contributed by atoms with Crippen molar-refractivity contribution in [2.24, 2.45) is 0 Å². The zero-order valence-electron chi connectivity index (χ0n) is 7.41. The molecule has 1 aromatic carbocycles. The van der Waals surface area contributed by atoms with Gasteiger partial charge in [0.25, 0.3) is 0 Å². The highest BCUT2D eigenvalue weighted by Crippen LogP contribution is 2.13. The molecule has 3 rings (SSSR count). The maximum atomic E-state index is 3.88. The van der Waals surface area contributed by atoms with E-state index in [1.54, 1.807) is 4.68 Å². The number of tetrazole rings is 1. The first-order valence-electron chi connectivity index (χ1n) is 4.36. The van der Waals surface area contributed by atoms with Crippen LogP contribution in [0.15, 0.2) is 30.3 Å². The van der Waals surface area contributed by atoms with Crippen molar-refractivity contribution in [2.75, 3.05) is 0 Å². The van der Waals surface area contributed by atoms with Gasteiger partial charge < -0.3 is 0 Å². The standard InChI is InChI=1S/C9H8N5/c1-2-4-8(5-3-1)13-6-9-10-11-12-14(9)7-13/h1-6H,7H2/q+1. The van der Waals surface area contributed by atoms with Crippen molar-refractivity contribution in [1.29, 1.82) is 0 Å². The lowest BCUT2D eigenvalue weighted by Gasteiger charge is -1.94. The van der Waals surface area contributed by atoms with E-state index >= 15 is 0 Å². The summed E-state index contributed by atoms with van der Waals surface area (Å²) in [5.74, 6) is 0.800. The van der Waals surface area contributed by atoms with Gasteiger partial charge in [0.2, 0.25) is 24.4 Å². The van der Waals surface area contributed by atoms with Crippen LogP contribution in [0, 0.1) is 0 Å². The molecule has 0 radical (unpaired) electrons. The molecule has 0 saturated carbocycles. The molecule has 0 saturated heterocycles. The van der Waals surface area contributed by atoms with Gasteiger partial charge in [-0.2, -0.15) is 9.26 Å². The van der Waals surface area contributed by atoms with Crippen LogP contribution in [-0.2, 0) is 6.67 Å². The summed E-state index contributed by atoms with van der Waals surface area (Å²) in [5.41, 5.74) is 1.14. The molecule has 1 aliphatic rings. The Hall–Kier alpha value is -2.04. The molecule has 0 atom stereocenters. The molecule has 0 aliphatic carbocycles. The number of hydrogen-bond donors (Lipinski definition) is 0. The Morgan fingerprint density at radius 3 is 2.86 bits per heavy atom. The van der Waals surface area contributed by atoms with Crippen molar-refractivity contribution in [3.63, 3.8) is 0 Å². The van der Waals surface area contributed by atoms with Gasteiger partial charge in [-0.15, -0.1) is 5.10 Å². The molecule has 0 N–H and O–H groups in total. The fourth-order valence-electron chi connectivity index (χ4n) is 1.50. The number of hydrogen-bond acceptors (Lipinski definition) is 3. The van der Waals surface area contributed by atoms with E-state index in [4.69, 9.17) is 0 Å². The maximum absolute atomic E-state index is 3.88. The normalized spacial score (nSPS) is 13.9. The van der Waals surface area contributed by atoms with E-state index in [0.29, 0.717) is 6.67 Å². The van der Waals surface area contributed by atoms with Gasteiger partial charge in [0.1, 0.15) is 0 Å². The highest BCUT2D eigenvalue weighted by atomic mass is 15.6. The second-order valence-corrected chi connectivity index (χ2v) is 3.11. The minimum Gasteiger partial charge on any atom is -0.174 e. The van der Waals surface area contributed by atoms with E-state index in [9.17, 15) is 0 Å². The Morgan fingerprint density at radius 2 is 2.07 bits per heavy atom. The molecule has 1 aromatic heterocycles. The van der Waals surface area contributed by atoms with E-state index in [1.165, 1.54) is 0 Å². The molecular weight excluding hydrogens is 178 g/mol. The number of nitrogens with zero attached hydrogens (tertiary/aromatic N) is 5. The average Bonchev–Trinajstić information content (AvgIpc) is 2.78. The molecule has 0 spiro atoms. The summed E-state index contributed by atoms with van der Waals surface area (Å²) in [4.78, 5) is 0. The van der Waals surface area contributed by atoms with Gasteiger partial charge in [0.15, 0.2) is 0 Å². The largest absolute Gasteiger partial charge is 0.247 e. The topological polar surface area (TPSA) is 46.6 Å². The molecule has 68 valence electrons. The zero-order valence-corrected chi connectivity index (χ0v) is 7.41. The Labute approximate surface area is 80.3 Å². The van der Waals surface area contributed by atoms with Crippen molar-refractivity contribution in [3.8, 4) is 0 Å². The SMILES string of the molecule is C1=[N+](c2ccccc2)Cn2nnnc21. The molecule has 0 bridgehead atoms. The summed E-state index contributed by atoms with van der Waals surface area (Å²) in [7, 11) is 0. The predicted molar refractivity (Wildman–Crippen MR) is 49.3 cm³/mol. The van der Waals surface area contributed by atoms with Crippen LogP contribution in [0.5, 0.6) is 0 Å². The lowest BCUT2D eigenvalue weighted by molar-refractivity contribution is -0.465. The Morgan fingerprint density at radius 1 is 1.21 bits per heavy atom. The first-order valence-corrected chi connectivity index (χ1v) is 4.36. The molecule has 0 amide bonds. The van der Waals surface area contributed by atoms with E-state index in [1.807, 2.05) is 24.4 Å². The van der Waals surface area contributed by atoms with E-state index in [0.717, 1.165) is 11.5 Å². The molecule has 2 heterocycles. The third kappa shape index (κ3) is 1.02. The Balaban J connectivity index is 2.02. The van der Waals surface area contributed by atoms with Gasteiger partial charge >= 0.3 is 0 Å². The fraction of sp³-hybridized carbons (Fsp3) is 0.111. The fourth-order valence-corrected chi connectivity index (χ4v) is 1.50. The van der Waals surface area contributed by atoms with Crippen LogP contribution in [0.4, 0.5) is 5.69 Å². The van der Waals surface area contributed by atoms with Crippen LogP contribution in [0.25, 0.3) is 0 Å². The second-order valence-electron chi connectivity index (χ2n) is 3.11. The molecule has 5 heteroatoms. The lowest BCUT2D eigenvalue weighted by Crippen LogP contribution is -2.05. The zero-order chi connectivity index (χ0) is 9.38. The molecule has 1 aliphatic heterocycles. The summed E-state index contributed by atoms with van der Waals surface area (Å²) in [6.45, 7) is 0.687. The number of fused-ring (bicyclic) bond motifs is 1. The summed E-state index contributed by atoms with van der Waals surface area (Å²) in [6, 6.07) is 10.1. The summed E-state index contributed by atoms with van der Waals surface area (Å²) >= 11 is 0. The number of para-hydroxylation sites is 1. The average molecular weight is 186 g/mol. The van der Waals surface area contributed by atoms with Crippen molar-refractivity contribution >= 4 is 11.9 Å². The quantitative estimate of drug-likeness (QED) is 0.606. The number of benzene rings is 1. The van der Waals surface area contributed by atoms with Gasteiger partial charge in [-0.25, -0.2) is 0 Å². The van der Waals surface area contributed by atoms with Gasteiger partial charge in [-0.3, -0.25) is 0 Å². The molecule has 0 fully saturated rings. The van der Waals surface area contributed by atoms with Crippen molar-refractivity contribution in [2.45, 2.75) is 6.67 Å². The lowest BCUT2D eigenvalue weighted by atomic mass is 10.3. The number of aromatic nitrogens is 4. The van der Waals surface area contributed by atoms with Crippen molar-refractivity contribution < 1.29 is 4.58 Å². The van der Waals surface area contributed by atoms with Crippen LogP contribution < -0.4 is 0 Å². The van der Waals surface area contributed by atoms with E-state index in [2.05, 4.69) is 32.2 Å². The van der Waals surface area contributed by atoms with Crippen LogP contribution >= 0.6 is 0 Å². The van der Waals surface area contributed by atoms with Crippen LogP contribution in [0.1, 0.15) is 5.82 Å². The summed E-state index contributed by atoms with van der Waals surface area (Å²) in [6.07, 6.45) is 1.94. The Kier molecular flexibility index (Phi) is 1.44. The molecular formula is C9H8N5+. The van der Waals surface area contributed by atoms with E-state index in [-0.39, 0.29) is 0 Å². The summed E-state index contributed by atoms with van der Waals surface area (Å²) in [5, 5.41) is 11.3. The molecule has 0 unspecified atom stereocenters. The van der Waals surface area contributed by atoms with E-state index < -0.39 is 0 Å². The maximum Gasteiger partial charge on any atom is 0.247 e. The third-order valence-corrected chi connectivity index (χ3v) is 2.21. The first kappa shape index (κ1) is 7.37. The minimum absolute atomic E-state index is 0.687. The van der Waals surface area contributed by atoms with Gasteiger partial charge in [0.05, 0.1) is 0 Å². The highest BCUT2D eigenvalue weighted by molar-refractivity contribution is 5.71. The molecule has 14 heavy (non-hydrogen) atoms. The number of rotatable bonds is 1. The molecule has 2 aromatic rings. The highest BCUT2D eigenvalue weighted by Gasteiger charge is 2.22. The Bertz CT molecular complexity index is 485. The third-order valence-electron chi connectivity index (χ3n) is 2.21. The minimum atomic E-state index is 0.687. The second kappa shape index (κ2) is 2.73. The molecule has 5 nitrogen and oxygen atoms in total. The first-order chi connectivity index (χ1) is 6.93. The van der Waals surface area contributed by atoms with Crippen molar-refractivity contribution in [1.82, 2.24) is 20.2 Å². The predicted octanol–water partition coefficient (Wildman–Crippen LogP) is 0.407. The monoisotopic (exact) mass is 186 g/mol. The summed E-state index contributed by atoms with van der Waals surface area (Å²) < 4.78 is 3.84. The van der Waals surface area contributed by atoms with Gasteiger partial charge in [-0.1, -0.05) is 18.2 Å². The van der Waals surface area contributed by atoms with Gasteiger partial charge in [0, 0.05) is 12.1 Å². The van der Waals surface area contributed by atoms with Crippen LogP contribution in [-0.4, -0.2) is 31.0 Å². The van der Waals surface area contributed by atoms with Crippen LogP contribution in [0.3, 0.4) is 0 Å². The smallest absolute Gasteiger partial charge is 0.174 e. The van der Waals surface area contributed by atoms with Crippen LogP contribution in [0.2, 0.25) is 0 Å².